The van der Waals surface area contributed by atoms with Crippen LogP contribution < -0.4 is 10.6 Å². The molecule has 0 saturated carbocycles. The van der Waals surface area contributed by atoms with Crippen molar-refractivity contribution in [2.45, 2.75) is 6.42 Å². The molecule has 1 aromatic carbocycles. The topological polar surface area (TPSA) is 70.4 Å². The number of nitrogens with one attached hydrogen (secondary N) is 2. The highest BCUT2D eigenvalue weighted by atomic mass is 127. The first kappa shape index (κ1) is 15.5. The third kappa shape index (κ3) is 4.57. The molecule has 110 valence electrons. The van der Waals surface area contributed by atoms with E-state index in [0.29, 0.717) is 5.69 Å². The minimum absolute atomic E-state index is 0.152. The van der Waals surface area contributed by atoms with Crippen LogP contribution in [0.5, 0.6) is 0 Å². The molecule has 1 aliphatic heterocycles. The highest BCUT2D eigenvalue weighted by Crippen LogP contribution is 2.26. The van der Waals surface area contributed by atoms with Crippen LogP contribution in [0.4, 0.5) is 11.4 Å². The van der Waals surface area contributed by atoms with Gasteiger partial charge >= 0.3 is 0 Å². The second-order valence-electron chi connectivity index (χ2n) is 4.79. The Labute approximate surface area is 132 Å². The molecule has 0 atom stereocenters. The van der Waals surface area contributed by atoms with E-state index in [1.165, 1.54) is 0 Å². The Morgan fingerprint density at radius 1 is 1.40 bits per heavy atom. The van der Waals surface area contributed by atoms with E-state index >= 15 is 0 Å². The highest BCUT2D eigenvalue weighted by molar-refractivity contribution is 14.1. The van der Waals surface area contributed by atoms with Gasteiger partial charge in [-0.25, -0.2) is 0 Å². The molecule has 0 bridgehead atoms. The number of benzene rings is 1. The van der Waals surface area contributed by atoms with Gasteiger partial charge in [0, 0.05) is 42.4 Å². The lowest BCUT2D eigenvalue weighted by molar-refractivity contribution is -0.384. The maximum atomic E-state index is 11.0. The van der Waals surface area contributed by atoms with E-state index in [9.17, 15) is 10.1 Å². The van der Waals surface area contributed by atoms with Gasteiger partial charge in [-0.2, -0.15) is 0 Å². The summed E-state index contributed by atoms with van der Waals surface area (Å²) in [6.45, 7) is 6.07. The molecule has 0 radical (unpaired) electrons. The fourth-order valence-corrected chi connectivity index (χ4v) is 2.74. The summed E-state index contributed by atoms with van der Waals surface area (Å²) in [5.74, 6) is 0. The Morgan fingerprint density at radius 2 is 2.15 bits per heavy atom. The summed E-state index contributed by atoms with van der Waals surface area (Å²) < 4.78 is 0.876. The third-order valence-electron chi connectivity index (χ3n) is 3.33. The van der Waals surface area contributed by atoms with Crippen LogP contribution in [-0.4, -0.2) is 49.1 Å². The maximum Gasteiger partial charge on any atom is 0.293 e. The second kappa shape index (κ2) is 7.75. The molecular formula is C13H19IN4O2. The molecule has 0 unspecified atom stereocenters. The molecule has 2 rings (SSSR count). The van der Waals surface area contributed by atoms with Crippen molar-refractivity contribution >= 4 is 34.0 Å². The zero-order valence-corrected chi connectivity index (χ0v) is 13.4. The number of nitrogens with zero attached hydrogens (tertiary/aromatic N) is 2. The van der Waals surface area contributed by atoms with E-state index in [-0.39, 0.29) is 10.6 Å². The Hall–Kier alpha value is -0.930. The van der Waals surface area contributed by atoms with E-state index in [1.54, 1.807) is 12.1 Å². The van der Waals surface area contributed by atoms with E-state index in [0.717, 1.165) is 49.3 Å². The van der Waals surface area contributed by atoms with E-state index in [1.807, 2.05) is 6.07 Å². The summed E-state index contributed by atoms with van der Waals surface area (Å²) in [4.78, 5) is 13.1. The van der Waals surface area contributed by atoms with Crippen LogP contribution in [-0.2, 0) is 0 Å². The summed E-state index contributed by atoms with van der Waals surface area (Å²) in [7, 11) is 0. The van der Waals surface area contributed by atoms with Crippen LogP contribution in [0.25, 0.3) is 0 Å². The number of rotatable bonds is 6. The van der Waals surface area contributed by atoms with Crippen molar-refractivity contribution < 1.29 is 4.92 Å². The summed E-state index contributed by atoms with van der Waals surface area (Å²) in [5.41, 5.74) is 0.759. The molecule has 20 heavy (non-hydrogen) atoms. The van der Waals surface area contributed by atoms with Crippen molar-refractivity contribution in [3.63, 3.8) is 0 Å². The number of hydrogen-bond acceptors (Lipinski definition) is 5. The van der Waals surface area contributed by atoms with Crippen molar-refractivity contribution in [1.29, 1.82) is 0 Å². The molecule has 0 amide bonds. The Kier molecular flexibility index (Phi) is 5.99. The van der Waals surface area contributed by atoms with Crippen molar-refractivity contribution in [3.05, 3.63) is 31.9 Å². The maximum absolute atomic E-state index is 11.0. The molecule has 1 aromatic rings. The predicted molar refractivity (Wildman–Crippen MR) is 88.2 cm³/mol. The Bertz CT molecular complexity index is 464. The smallest absolute Gasteiger partial charge is 0.293 e. The number of anilines is 1. The van der Waals surface area contributed by atoms with Gasteiger partial charge in [-0.1, -0.05) is 0 Å². The van der Waals surface area contributed by atoms with Crippen LogP contribution in [0, 0.1) is 13.7 Å². The van der Waals surface area contributed by atoms with E-state index in [2.05, 4.69) is 38.1 Å². The van der Waals surface area contributed by atoms with Gasteiger partial charge in [-0.05, 0) is 47.7 Å². The van der Waals surface area contributed by atoms with E-state index in [4.69, 9.17) is 0 Å². The molecule has 2 N–H and O–H groups in total. The van der Waals surface area contributed by atoms with Gasteiger partial charge < -0.3 is 15.5 Å². The monoisotopic (exact) mass is 390 g/mol. The SMILES string of the molecule is O=[N+]([O-])c1cc(I)ccc1NCCCN1CCNCC1. The first-order chi connectivity index (χ1) is 9.66. The summed E-state index contributed by atoms with van der Waals surface area (Å²) in [6, 6.07) is 5.26. The summed E-state index contributed by atoms with van der Waals surface area (Å²) >= 11 is 2.08. The zero-order valence-electron chi connectivity index (χ0n) is 11.3. The lowest BCUT2D eigenvalue weighted by atomic mass is 10.2. The van der Waals surface area contributed by atoms with Crippen LogP contribution >= 0.6 is 22.6 Å². The van der Waals surface area contributed by atoms with Crippen LogP contribution in [0.1, 0.15) is 6.42 Å². The molecular weight excluding hydrogens is 371 g/mol. The summed E-state index contributed by atoms with van der Waals surface area (Å²) in [6.07, 6.45) is 0.989. The summed E-state index contributed by atoms with van der Waals surface area (Å²) in [5, 5.41) is 17.5. The lowest BCUT2D eigenvalue weighted by Gasteiger charge is -2.27. The Balaban J connectivity index is 1.80. The van der Waals surface area contributed by atoms with Gasteiger partial charge in [-0.3, -0.25) is 10.1 Å². The molecule has 1 saturated heterocycles. The number of piperazine rings is 1. The van der Waals surface area contributed by atoms with Gasteiger partial charge in [0.2, 0.25) is 0 Å². The van der Waals surface area contributed by atoms with Crippen LogP contribution in [0.15, 0.2) is 18.2 Å². The van der Waals surface area contributed by atoms with Crippen LogP contribution in [0.3, 0.4) is 0 Å². The van der Waals surface area contributed by atoms with Gasteiger partial charge in [0.15, 0.2) is 0 Å². The van der Waals surface area contributed by atoms with E-state index < -0.39 is 0 Å². The first-order valence-corrected chi connectivity index (χ1v) is 7.85. The van der Waals surface area contributed by atoms with Crippen molar-refractivity contribution in [2.75, 3.05) is 44.6 Å². The molecule has 7 heteroatoms. The van der Waals surface area contributed by atoms with Gasteiger partial charge in [0.1, 0.15) is 5.69 Å². The minimum atomic E-state index is -0.333. The lowest BCUT2D eigenvalue weighted by Crippen LogP contribution is -2.44. The molecule has 1 fully saturated rings. The van der Waals surface area contributed by atoms with Gasteiger partial charge in [0.25, 0.3) is 5.69 Å². The van der Waals surface area contributed by atoms with Crippen molar-refractivity contribution in [1.82, 2.24) is 10.2 Å². The minimum Gasteiger partial charge on any atom is -0.379 e. The highest BCUT2D eigenvalue weighted by Gasteiger charge is 2.14. The third-order valence-corrected chi connectivity index (χ3v) is 4.00. The molecule has 0 spiro atoms. The average molecular weight is 390 g/mol. The van der Waals surface area contributed by atoms with Gasteiger partial charge in [-0.15, -0.1) is 0 Å². The first-order valence-electron chi connectivity index (χ1n) is 6.78. The van der Waals surface area contributed by atoms with Crippen molar-refractivity contribution in [2.24, 2.45) is 0 Å². The second-order valence-corrected chi connectivity index (χ2v) is 6.04. The largest absolute Gasteiger partial charge is 0.379 e. The molecule has 0 aliphatic carbocycles. The number of nitro benzene ring substituents is 1. The van der Waals surface area contributed by atoms with Gasteiger partial charge in [0.05, 0.1) is 4.92 Å². The standard InChI is InChI=1S/C13H19IN4O2/c14-11-2-3-12(13(10-11)18(19)20)16-4-1-7-17-8-5-15-6-9-17/h2-3,10,15-16H,1,4-9H2. The molecule has 6 nitrogen and oxygen atoms in total. The fraction of sp³-hybridized carbons (Fsp3) is 0.538. The molecule has 1 aliphatic rings. The quantitative estimate of drug-likeness (QED) is 0.336. The average Bonchev–Trinajstić information content (AvgIpc) is 2.45. The van der Waals surface area contributed by atoms with Crippen LogP contribution in [0.2, 0.25) is 0 Å². The number of hydrogen-bond donors (Lipinski definition) is 2. The Morgan fingerprint density at radius 3 is 2.85 bits per heavy atom. The van der Waals surface area contributed by atoms with Crippen molar-refractivity contribution in [3.8, 4) is 0 Å². The molecule has 0 aromatic heterocycles. The fourth-order valence-electron chi connectivity index (χ4n) is 2.27. The number of nitro groups is 1. The predicted octanol–water partition coefficient (Wildman–Crippen LogP) is 1.91. The molecule has 1 heterocycles. The zero-order chi connectivity index (χ0) is 14.4. The number of halogens is 1. The normalized spacial score (nSPS) is 16.1.